The standard InChI is InChI=1S/C16H18N4O3S2/c1-3-6-17-15-19-20-16(25-15)24-10(2)14(21)18-8-11-4-5-12-13(7-11)23-9-22-12/h3-5,7,10H,1,6,8-9H2,2H3,(H,17,19)(H,18,21). The van der Waals surface area contributed by atoms with Gasteiger partial charge in [0.2, 0.25) is 17.8 Å². The second kappa shape index (κ2) is 8.21. The second-order valence-corrected chi connectivity index (χ2v) is 7.77. The fourth-order valence-electron chi connectivity index (χ4n) is 2.08. The number of aromatic nitrogens is 2. The Morgan fingerprint density at radius 2 is 2.28 bits per heavy atom. The van der Waals surface area contributed by atoms with Gasteiger partial charge in [0.25, 0.3) is 0 Å². The lowest BCUT2D eigenvalue weighted by molar-refractivity contribution is -0.120. The summed E-state index contributed by atoms with van der Waals surface area (Å²) in [7, 11) is 0. The van der Waals surface area contributed by atoms with Crippen LogP contribution in [-0.2, 0) is 11.3 Å². The van der Waals surface area contributed by atoms with Gasteiger partial charge in [0.15, 0.2) is 15.8 Å². The number of fused-ring (bicyclic) bond motifs is 1. The predicted molar refractivity (Wildman–Crippen MR) is 98.3 cm³/mol. The van der Waals surface area contributed by atoms with Crippen molar-refractivity contribution in [2.75, 3.05) is 18.7 Å². The monoisotopic (exact) mass is 378 g/mol. The molecular weight excluding hydrogens is 360 g/mol. The van der Waals surface area contributed by atoms with E-state index in [0.29, 0.717) is 18.8 Å². The number of ether oxygens (including phenoxy) is 2. The summed E-state index contributed by atoms with van der Waals surface area (Å²) in [5, 5.41) is 14.5. The molecular formula is C16H18N4O3S2. The lowest BCUT2D eigenvalue weighted by Gasteiger charge is -2.10. The molecule has 1 atom stereocenters. The summed E-state index contributed by atoms with van der Waals surface area (Å²) < 4.78 is 11.4. The average molecular weight is 378 g/mol. The summed E-state index contributed by atoms with van der Waals surface area (Å²) in [6, 6.07) is 5.64. The maximum Gasteiger partial charge on any atom is 0.233 e. The van der Waals surface area contributed by atoms with Gasteiger partial charge in [-0.05, 0) is 24.6 Å². The number of carbonyl (C=O) groups is 1. The van der Waals surface area contributed by atoms with E-state index >= 15 is 0 Å². The van der Waals surface area contributed by atoms with Crippen molar-refractivity contribution in [3.05, 3.63) is 36.4 Å². The maximum absolute atomic E-state index is 12.3. The van der Waals surface area contributed by atoms with Gasteiger partial charge in [-0.2, -0.15) is 0 Å². The molecule has 3 rings (SSSR count). The molecule has 1 amide bonds. The number of benzene rings is 1. The Bertz CT molecular complexity index is 766. The molecule has 2 aromatic rings. The highest BCUT2D eigenvalue weighted by atomic mass is 32.2. The summed E-state index contributed by atoms with van der Waals surface area (Å²) in [5.41, 5.74) is 0.960. The largest absolute Gasteiger partial charge is 0.454 e. The van der Waals surface area contributed by atoms with Gasteiger partial charge in [-0.25, -0.2) is 0 Å². The highest BCUT2D eigenvalue weighted by Crippen LogP contribution is 2.32. The molecule has 1 aliphatic rings. The molecule has 0 saturated carbocycles. The smallest absolute Gasteiger partial charge is 0.233 e. The normalized spacial score (nSPS) is 13.3. The highest BCUT2D eigenvalue weighted by molar-refractivity contribution is 8.02. The van der Waals surface area contributed by atoms with E-state index in [-0.39, 0.29) is 18.0 Å². The number of hydrogen-bond donors (Lipinski definition) is 2. The van der Waals surface area contributed by atoms with E-state index < -0.39 is 0 Å². The quantitative estimate of drug-likeness (QED) is 0.539. The van der Waals surface area contributed by atoms with Crippen LogP contribution < -0.4 is 20.1 Å². The third-order valence-electron chi connectivity index (χ3n) is 3.35. The average Bonchev–Trinajstić information content (AvgIpc) is 3.26. The minimum atomic E-state index is -0.269. The van der Waals surface area contributed by atoms with Crippen LogP contribution in [0.25, 0.3) is 0 Å². The van der Waals surface area contributed by atoms with Crippen LogP contribution in [-0.4, -0.2) is 34.7 Å². The van der Waals surface area contributed by atoms with Gasteiger partial charge in [0, 0.05) is 13.1 Å². The minimum Gasteiger partial charge on any atom is -0.454 e. The predicted octanol–water partition coefficient (Wildman–Crippen LogP) is 2.66. The first-order chi connectivity index (χ1) is 12.2. The van der Waals surface area contributed by atoms with Crippen LogP contribution in [0.4, 0.5) is 5.13 Å². The molecule has 7 nitrogen and oxygen atoms in total. The van der Waals surface area contributed by atoms with Crippen LogP contribution >= 0.6 is 23.1 Å². The van der Waals surface area contributed by atoms with Gasteiger partial charge in [-0.1, -0.05) is 35.2 Å². The summed E-state index contributed by atoms with van der Waals surface area (Å²) in [6.07, 6.45) is 1.75. The van der Waals surface area contributed by atoms with E-state index in [2.05, 4.69) is 27.4 Å². The Morgan fingerprint density at radius 1 is 1.44 bits per heavy atom. The fraction of sp³-hybridized carbons (Fsp3) is 0.312. The lowest BCUT2D eigenvalue weighted by Crippen LogP contribution is -2.30. The maximum atomic E-state index is 12.3. The van der Waals surface area contributed by atoms with Crippen LogP contribution in [0, 0.1) is 0 Å². The third kappa shape index (κ3) is 4.64. The van der Waals surface area contributed by atoms with Crippen molar-refractivity contribution < 1.29 is 14.3 Å². The van der Waals surface area contributed by atoms with E-state index in [4.69, 9.17) is 9.47 Å². The van der Waals surface area contributed by atoms with Crippen molar-refractivity contribution in [2.45, 2.75) is 23.1 Å². The highest BCUT2D eigenvalue weighted by Gasteiger charge is 2.18. The van der Waals surface area contributed by atoms with E-state index in [9.17, 15) is 4.79 Å². The van der Waals surface area contributed by atoms with E-state index in [1.807, 2.05) is 25.1 Å². The van der Waals surface area contributed by atoms with Crippen molar-refractivity contribution in [1.29, 1.82) is 0 Å². The molecule has 2 N–H and O–H groups in total. The molecule has 1 unspecified atom stereocenters. The fourth-order valence-corrected chi connectivity index (χ4v) is 4.00. The molecule has 0 saturated heterocycles. The number of nitrogens with one attached hydrogen (secondary N) is 2. The summed E-state index contributed by atoms with van der Waals surface area (Å²) in [5.74, 6) is 1.39. The first-order valence-corrected chi connectivity index (χ1v) is 9.36. The first-order valence-electron chi connectivity index (χ1n) is 7.67. The molecule has 25 heavy (non-hydrogen) atoms. The molecule has 0 radical (unpaired) electrons. The summed E-state index contributed by atoms with van der Waals surface area (Å²) in [4.78, 5) is 12.3. The summed E-state index contributed by atoms with van der Waals surface area (Å²) >= 11 is 2.80. The minimum absolute atomic E-state index is 0.0570. The number of anilines is 1. The van der Waals surface area contributed by atoms with Gasteiger partial charge in [-0.3, -0.25) is 4.79 Å². The second-order valence-electron chi connectivity index (χ2n) is 5.21. The molecule has 9 heteroatoms. The van der Waals surface area contributed by atoms with Crippen molar-refractivity contribution in [3.63, 3.8) is 0 Å². The number of nitrogens with zero attached hydrogens (tertiary/aromatic N) is 2. The summed E-state index contributed by atoms with van der Waals surface area (Å²) in [6.45, 7) is 6.79. The zero-order valence-corrected chi connectivity index (χ0v) is 15.3. The molecule has 0 aliphatic carbocycles. The van der Waals surface area contributed by atoms with Crippen molar-refractivity contribution in [3.8, 4) is 11.5 Å². The Kier molecular flexibility index (Phi) is 5.77. The Morgan fingerprint density at radius 3 is 3.12 bits per heavy atom. The Balaban J connectivity index is 1.49. The number of thioether (sulfide) groups is 1. The Hall–Kier alpha value is -2.26. The molecule has 1 aromatic carbocycles. The SMILES string of the molecule is C=CCNc1nnc(SC(C)C(=O)NCc2ccc3c(c2)OCO3)s1. The molecule has 1 aliphatic heterocycles. The number of rotatable bonds is 8. The van der Waals surface area contributed by atoms with Crippen molar-refractivity contribution in [1.82, 2.24) is 15.5 Å². The zero-order chi connectivity index (χ0) is 17.6. The van der Waals surface area contributed by atoms with E-state index in [1.165, 1.54) is 23.1 Å². The van der Waals surface area contributed by atoms with Crippen molar-refractivity contribution in [2.24, 2.45) is 0 Å². The van der Waals surface area contributed by atoms with E-state index in [0.717, 1.165) is 20.8 Å². The van der Waals surface area contributed by atoms with Gasteiger partial charge in [0.05, 0.1) is 5.25 Å². The first kappa shape index (κ1) is 17.6. The number of carbonyl (C=O) groups excluding carboxylic acids is 1. The number of amides is 1. The van der Waals surface area contributed by atoms with Crippen LogP contribution in [0.1, 0.15) is 12.5 Å². The van der Waals surface area contributed by atoms with Crippen LogP contribution in [0.2, 0.25) is 0 Å². The molecule has 0 bridgehead atoms. The van der Waals surface area contributed by atoms with Gasteiger partial charge >= 0.3 is 0 Å². The van der Waals surface area contributed by atoms with Gasteiger partial charge in [-0.15, -0.1) is 16.8 Å². The zero-order valence-electron chi connectivity index (χ0n) is 13.7. The van der Waals surface area contributed by atoms with Gasteiger partial charge < -0.3 is 20.1 Å². The van der Waals surface area contributed by atoms with Gasteiger partial charge in [0.1, 0.15) is 0 Å². The molecule has 1 aromatic heterocycles. The third-order valence-corrected chi connectivity index (χ3v) is 5.42. The van der Waals surface area contributed by atoms with Crippen LogP contribution in [0.5, 0.6) is 11.5 Å². The molecule has 0 fully saturated rings. The topological polar surface area (TPSA) is 85.4 Å². The van der Waals surface area contributed by atoms with Crippen molar-refractivity contribution >= 4 is 34.1 Å². The molecule has 2 heterocycles. The lowest BCUT2D eigenvalue weighted by atomic mass is 10.2. The Labute approximate surface area is 153 Å². The van der Waals surface area contributed by atoms with E-state index in [1.54, 1.807) is 6.08 Å². The van der Waals surface area contributed by atoms with Crippen LogP contribution in [0.3, 0.4) is 0 Å². The molecule has 132 valence electrons. The number of hydrogen-bond acceptors (Lipinski definition) is 8. The van der Waals surface area contributed by atoms with Crippen LogP contribution in [0.15, 0.2) is 35.2 Å². The molecule has 0 spiro atoms.